The number of anilines is 1. The average molecular weight is 487 g/mol. The number of halogens is 1. The number of esters is 1. The molecule has 0 bridgehead atoms. The van der Waals surface area contributed by atoms with E-state index in [-0.39, 0.29) is 0 Å². The number of carbonyl (C=O) groups excluding carboxylic acids is 1. The first-order valence-electron chi connectivity index (χ1n) is 11.1. The fraction of sp³-hybridized carbons (Fsp3) is 0.148. The zero-order valence-corrected chi connectivity index (χ0v) is 20.0. The summed E-state index contributed by atoms with van der Waals surface area (Å²) in [5.74, 6) is 0.782. The second-order valence-electron chi connectivity index (χ2n) is 8.19. The van der Waals surface area contributed by atoms with Crippen LogP contribution in [0.1, 0.15) is 28.3 Å². The minimum Gasteiger partial charge on any atom is -0.489 e. The first-order valence-corrected chi connectivity index (χ1v) is 11.4. The van der Waals surface area contributed by atoms with E-state index in [4.69, 9.17) is 21.1 Å². The smallest absolute Gasteiger partial charge is 0.338 e. The molecule has 0 saturated heterocycles. The van der Waals surface area contributed by atoms with Gasteiger partial charge < -0.3 is 14.8 Å². The highest BCUT2D eigenvalue weighted by atomic mass is 35.5. The van der Waals surface area contributed by atoms with Crippen LogP contribution in [0.4, 0.5) is 5.95 Å². The lowest BCUT2D eigenvalue weighted by atomic mass is 9.93. The van der Waals surface area contributed by atoms with E-state index in [1.165, 1.54) is 19.0 Å². The Morgan fingerprint density at radius 2 is 1.74 bits per heavy atom. The van der Waals surface area contributed by atoms with Crippen molar-refractivity contribution in [3.63, 3.8) is 0 Å². The molecule has 0 radical (unpaired) electrons. The SMILES string of the molecule is COC(=O)C1=C(c2ccc(Cl)cc2)Nc2ncnn2[C@@H]1c1ccc(OCc2ccc(C)cc2)cc1. The van der Waals surface area contributed by atoms with Crippen LogP contribution in [0.3, 0.4) is 0 Å². The molecule has 35 heavy (non-hydrogen) atoms. The van der Waals surface area contributed by atoms with Crippen LogP contribution in [0.2, 0.25) is 5.02 Å². The van der Waals surface area contributed by atoms with Crippen molar-refractivity contribution in [2.75, 3.05) is 12.4 Å². The van der Waals surface area contributed by atoms with Gasteiger partial charge in [-0.1, -0.05) is 65.7 Å². The predicted molar refractivity (Wildman–Crippen MR) is 134 cm³/mol. The highest BCUT2D eigenvalue weighted by Crippen LogP contribution is 2.39. The van der Waals surface area contributed by atoms with Crippen molar-refractivity contribution in [2.45, 2.75) is 19.6 Å². The lowest BCUT2D eigenvalue weighted by Crippen LogP contribution is -2.29. The van der Waals surface area contributed by atoms with Gasteiger partial charge in [-0.2, -0.15) is 10.1 Å². The van der Waals surface area contributed by atoms with Crippen LogP contribution in [-0.4, -0.2) is 27.8 Å². The van der Waals surface area contributed by atoms with E-state index in [1.54, 1.807) is 16.8 Å². The number of benzene rings is 3. The largest absolute Gasteiger partial charge is 0.489 e. The summed E-state index contributed by atoms with van der Waals surface area (Å²) in [6.45, 7) is 2.52. The fourth-order valence-corrected chi connectivity index (χ4v) is 4.17. The molecule has 0 spiro atoms. The van der Waals surface area contributed by atoms with Crippen molar-refractivity contribution in [1.29, 1.82) is 0 Å². The molecule has 1 atom stereocenters. The van der Waals surface area contributed by atoms with Gasteiger partial charge in [0.25, 0.3) is 0 Å². The van der Waals surface area contributed by atoms with Gasteiger partial charge in [-0.3, -0.25) is 0 Å². The van der Waals surface area contributed by atoms with Crippen LogP contribution in [-0.2, 0) is 16.1 Å². The molecular formula is C27H23ClN4O3. The number of nitrogens with zero attached hydrogens (tertiary/aromatic N) is 3. The number of aryl methyl sites for hydroxylation is 1. The van der Waals surface area contributed by atoms with Gasteiger partial charge in [-0.15, -0.1) is 0 Å². The van der Waals surface area contributed by atoms with Gasteiger partial charge in [0, 0.05) is 5.02 Å². The number of fused-ring (bicyclic) bond motifs is 1. The third-order valence-corrected chi connectivity index (χ3v) is 6.11. The first-order chi connectivity index (χ1) is 17.0. The van der Waals surface area contributed by atoms with Crippen LogP contribution in [0.25, 0.3) is 5.70 Å². The topological polar surface area (TPSA) is 78.3 Å². The zero-order valence-electron chi connectivity index (χ0n) is 19.2. The average Bonchev–Trinajstić information content (AvgIpc) is 3.36. The van der Waals surface area contributed by atoms with Crippen LogP contribution in [0.5, 0.6) is 5.75 Å². The summed E-state index contributed by atoms with van der Waals surface area (Å²) in [6.07, 6.45) is 1.45. The Balaban J connectivity index is 1.50. The number of nitrogens with one attached hydrogen (secondary N) is 1. The van der Waals surface area contributed by atoms with Gasteiger partial charge in [0.2, 0.25) is 5.95 Å². The Labute approximate surface area is 208 Å². The Morgan fingerprint density at radius 1 is 1.03 bits per heavy atom. The molecule has 0 fully saturated rings. The monoisotopic (exact) mass is 486 g/mol. The molecule has 1 aromatic heterocycles. The van der Waals surface area contributed by atoms with Gasteiger partial charge in [0.1, 0.15) is 24.7 Å². The molecule has 5 rings (SSSR count). The lowest BCUT2D eigenvalue weighted by molar-refractivity contribution is -0.136. The lowest BCUT2D eigenvalue weighted by Gasteiger charge is -2.29. The maximum Gasteiger partial charge on any atom is 0.338 e. The summed E-state index contributed by atoms with van der Waals surface area (Å²) >= 11 is 6.09. The summed E-state index contributed by atoms with van der Waals surface area (Å²) in [7, 11) is 1.37. The van der Waals surface area contributed by atoms with Crippen LogP contribution in [0, 0.1) is 6.92 Å². The number of hydrogen-bond donors (Lipinski definition) is 1. The number of rotatable bonds is 6. The molecule has 0 unspecified atom stereocenters. The van der Waals surface area contributed by atoms with E-state index < -0.39 is 12.0 Å². The summed E-state index contributed by atoms with van der Waals surface area (Å²) < 4.78 is 12.8. The highest BCUT2D eigenvalue weighted by Gasteiger charge is 2.36. The molecule has 1 aliphatic rings. The van der Waals surface area contributed by atoms with Gasteiger partial charge in [-0.25, -0.2) is 9.48 Å². The molecule has 7 nitrogen and oxygen atoms in total. The minimum atomic E-state index is -0.543. The first kappa shape index (κ1) is 22.7. The molecular weight excluding hydrogens is 464 g/mol. The number of methoxy groups -OCH3 is 1. The summed E-state index contributed by atoms with van der Waals surface area (Å²) in [5.41, 5.74) is 4.94. The standard InChI is InChI=1S/C27H23ClN4O3/c1-17-3-5-18(6-4-17)15-35-22-13-9-20(10-14-22)25-23(26(33)34-2)24(19-7-11-21(28)12-8-19)31-27-29-16-30-32(25)27/h3-14,16,25H,15H2,1-2H3,(H,29,30,31)/t25-/m1/s1. The maximum absolute atomic E-state index is 13.1. The van der Waals surface area contributed by atoms with Crippen molar-refractivity contribution < 1.29 is 14.3 Å². The normalized spacial score (nSPS) is 14.8. The summed E-state index contributed by atoms with van der Waals surface area (Å²) in [5, 5.41) is 8.21. The molecule has 0 amide bonds. The van der Waals surface area contributed by atoms with Gasteiger partial charge in [0.15, 0.2) is 0 Å². The molecule has 2 heterocycles. The summed E-state index contributed by atoms with van der Waals surface area (Å²) in [4.78, 5) is 17.4. The Kier molecular flexibility index (Phi) is 6.25. The van der Waals surface area contributed by atoms with E-state index in [2.05, 4.69) is 46.6 Å². The van der Waals surface area contributed by atoms with E-state index in [1.807, 2.05) is 36.4 Å². The zero-order chi connectivity index (χ0) is 24.4. The number of ether oxygens (including phenoxy) is 2. The van der Waals surface area contributed by atoms with Gasteiger partial charge in [-0.05, 0) is 47.9 Å². The molecule has 3 aromatic carbocycles. The number of aromatic nitrogens is 3. The van der Waals surface area contributed by atoms with E-state index in [0.717, 1.165) is 22.4 Å². The maximum atomic E-state index is 13.1. The molecule has 1 aliphatic heterocycles. The molecule has 4 aromatic rings. The minimum absolute atomic E-state index is 0.418. The molecule has 176 valence electrons. The molecule has 1 N–H and O–H groups in total. The van der Waals surface area contributed by atoms with Crippen molar-refractivity contribution in [3.8, 4) is 5.75 Å². The van der Waals surface area contributed by atoms with Crippen molar-refractivity contribution in [2.24, 2.45) is 0 Å². The van der Waals surface area contributed by atoms with E-state index >= 15 is 0 Å². The highest BCUT2D eigenvalue weighted by molar-refractivity contribution is 6.30. The molecule has 0 aliphatic carbocycles. The van der Waals surface area contributed by atoms with Gasteiger partial charge >= 0.3 is 5.97 Å². The molecule has 8 heteroatoms. The van der Waals surface area contributed by atoms with E-state index in [9.17, 15) is 4.79 Å². The van der Waals surface area contributed by atoms with Gasteiger partial charge in [0.05, 0.1) is 18.4 Å². The number of carbonyl (C=O) groups is 1. The fourth-order valence-electron chi connectivity index (χ4n) is 4.04. The van der Waals surface area contributed by atoms with Crippen LogP contribution in [0.15, 0.2) is 84.7 Å². The Bertz CT molecular complexity index is 1380. The second kappa shape index (κ2) is 9.64. The Hall–Kier alpha value is -4.10. The third kappa shape index (κ3) is 4.63. The third-order valence-electron chi connectivity index (χ3n) is 5.86. The second-order valence-corrected chi connectivity index (χ2v) is 8.62. The van der Waals surface area contributed by atoms with Crippen molar-refractivity contribution in [1.82, 2.24) is 14.8 Å². The van der Waals surface area contributed by atoms with Crippen molar-refractivity contribution in [3.05, 3.63) is 112 Å². The Morgan fingerprint density at radius 3 is 2.43 bits per heavy atom. The number of hydrogen-bond acceptors (Lipinski definition) is 6. The molecule has 0 saturated carbocycles. The van der Waals surface area contributed by atoms with Crippen molar-refractivity contribution >= 4 is 29.2 Å². The quantitative estimate of drug-likeness (QED) is 0.367. The predicted octanol–water partition coefficient (Wildman–Crippen LogP) is 5.42. The summed E-state index contributed by atoms with van der Waals surface area (Å²) in [6, 6.07) is 22.6. The van der Waals surface area contributed by atoms with E-state index in [0.29, 0.717) is 28.8 Å². The van der Waals surface area contributed by atoms with Crippen LogP contribution < -0.4 is 10.1 Å². The van der Waals surface area contributed by atoms with Crippen LogP contribution >= 0.6 is 11.6 Å².